The molecule has 1 aromatic heterocycles. The molecule has 5 heteroatoms. The zero-order chi connectivity index (χ0) is 19.0. The van der Waals surface area contributed by atoms with Gasteiger partial charge in [0.15, 0.2) is 0 Å². The van der Waals surface area contributed by atoms with Gasteiger partial charge in [0, 0.05) is 17.3 Å². The highest BCUT2D eigenvalue weighted by Crippen LogP contribution is 2.32. The van der Waals surface area contributed by atoms with Gasteiger partial charge in [0.2, 0.25) is 0 Å². The second-order valence-electron chi connectivity index (χ2n) is 6.55. The first-order valence-corrected chi connectivity index (χ1v) is 8.74. The molecule has 0 saturated heterocycles. The lowest BCUT2D eigenvalue weighted by atomic mass is 10.0. The molecule has 1 unspecified atom stereocenters. The Morgan fingerprint density at radius 2 is 1.93 bits per heavy atom. The van der Waals surface area contributed by atoms with Gasteiger partial charge in [0.25, 0.3) is 0 Å². The van der Waals surface area contributed by atoms with Crippen molar-refractivity contribution in [1.82, 2.24) is 9.55 Å². The molecule has 3 aromatic carbocycles. The van der Waals surface area contributed by atoms with Crippen molar-refractivity contribution in [3.05, 3.63) is 78.4 Å². The minimum atomic E-state index is -0.298. The van der Waals surface area contributed by atoms with Gasteiger partial charge in [-0.1, -0.05) is 18.2 Å². The van der Waals surface area contributed by atoms with Gasteiger partial charge in [0.05, 0.1) is 18.1 Å². The highest BCUT2D eigenvalue weighted by molar-refractivity contribution is 5.79. The summed E-state index contributed by atoms with van der Waals surface area (Å²) in [5.41, 5.74) is 11.4. The van der Waals surface area contributed by atoms with E-state index < -0.39 is 0 Å². The van der Waals surface area contributed by atoms with Crippen molar-refractivity contribution >= 4 is 11.0 Å². The van der Waals surface area contributed by atoms with E-state index >= 15 is 0 Å². The number of benzene rings is 3. The van der Waals surface area contributed by atoms with E-state index in [0.29, 0.717) is 11.3 Å². The fourth-order valence-electron chi connectivity index (χ4n) is 3.25. The van der Waals surface area contributed by atoms with Crippen LogP contribution in [0.15, 0.2) is 67.0 Å². The summed E-state index contributed by atoms with van der Waals surface area (Å²) in [6.45, 7) is 1.95. The molecule has 136 valence electrons. The predicted octanol–water partition coefficient (Wildman–Crippen LogP) is 4.86. The maximum Gasteiger partial charge on any atom is 0.126 e. The van der Waals surface area contributed by atoms with E-state index in [1.165, 1.54) is 12.1 Å². The van der Waals surface area contributed by atoms with Crippen LogP contribution in [0.4, 0.5) is 4.39 Å². The topological polar surface area (TPSA) is 53.1 Å². The molecule has 0 fully saturated rings. The molecule has 0 amide bonds. The first-order valence-electron chi connectivity index (χ1n) is 8.74. The molecular formula is C22H20FN3O. The fraction of sp³-hybridized carbons (Fsp3) is 0.136. The second-order valence-corrected chi connectivity index (χ2v) is 6.55. The molecule has 4 nitrogen and oxygen atoms in total. The molecular weight excluding hydrogens is 341 g/mol. The number of hydrogen-bond donors (Lipinski definition) is 1. The van der Waals surface area contributed by atoms with Gasteiger partial charge >= 0.3 is 0 Å². The van der Waals surface area contributed by atoms with Gasteiger partial charge in [-0.3, -0.25) is 4.57 Å². The molecule has 0 saturated carbocycles. The summed E-state index contributed by atoms with van der Waals surface area (Å²) in [4.78, 5) is 4.51. The molecule has 0 aliphatic rings. The van der Waals surface area contributed by atoms with Crippen LogP contribution >= 0.6 is 0 Å². The minimum Gasteiger partial charge on any atom is -0.496 e. The van der Waals surface area contributed by atoms with Crippen LogP contribution in [0, 0.1) is 5.82 Å². The predicted molar refractivity (Wildman–Crippen MR) is 106 cm³/mol. The van der Waals surface area contributed by atoms with E-state index in [2.05, 4.69) is 4.98 Å². The van der Waals surface area contributed by atoms with Crippen LogP contribution in [0.5, 0.6) is 5.75 Å². The van der Waals surface area contributed by atoms with Gasteiger partial charge in [0.1, 0.15) is 17.9 Å². The van der Waals surface area contributed by atoms with Crippen molar-refractivity contribution in [2.24, 2.45) is 5.73 Å². The second kappa shape index (κ2) is 6.85. The van der Waals surface area contributed by atoms with Crippen molar-refractivity contribution in [3.8, 4) is 22.6 Å². The maximum atomic E-state index is 13.8. The fourth-order valence-corrected chi connectivity index (χ4v) is 3.25. The van der Waals surface area contributed by atoms with Crippen LogP contribution in [0.3, 0.4) is 0 Å². The summed E-state index contributed by atoms with van der Waals surface area (Å²) in [7, 11) is 1.58. The molecule has 1 heterocycles. The van der Waals surface area contributed by atoms with Crippen molar-refractivity contribution < 1.29 is 9.13 Å². The monoisotopic (exact) mass is 361 g/mol. The summed E-state index contributed by atoms with van der Waals surface area (Å²) in [5.74, 6) is 0.332. The number of imidazole rings is 1. The summed E-state index contributed by atoms with van der Waals surface area (Å²) >= 11 is 0. The van der Waals surface area contributed by atoms with E-state index in [0.717, 1.165) is 27.8 Å². The van der Waals surface area contributed by atoms with Gasteiger partial charge in [-0.2, -0.15) is 0 Å². The third-order valence-electron chi connectivity index (χ3n) is 4.69. The SMILES string of the molecule is COc1ccc(F)cc1-c1cccc(-n2cnc3cc(C(C)N)ccc32)c1. The molecule has 0 radical (unpaired) electrons. The van der Waals surface area contributed by atoms with Crippen molar-refractivity contribution in [3.63, 3.8) is 0 Å². The maximum absolute atomic E-state index is 13.8. The third kappa shape index (κ3) is 3.17. The summed E-state index contributed by atoms with van der Waals surface area (Å²) < 4.78 is 21.2. The molecule has 27 heavy (non-hydrogen) atoms. The molecule has 1 atom stereocenters. The van der Waals surface area contributed by atoms with E-state index in [1.807, 2.05) is 54.0 Å². The molecule has 0 spiro atoms. The van der Waals surface area contributed by atoms with Crippen molar-refractivity contribution in [2.75, 3.05) is 7.11 Å². The van der Waals surface area contributed by atoms with Crippen LogP contribution in [0.25, 0.3) is 27.8 Å². The normalized spacial score (nSPS) is 12.3. The number of hydrogen-bond acceptors (Lipinski definition) is 3. The van der Waals surface area contributed by atoms with E-state index in [4.69, 9.17) is 10.5 Å². The smallest absolute Gasteiger partial charge is 0.126 e. The van der Waals surface area contributed by atoms with Gasteiger partial charge in [-0.05, 0) is 60.5 Å². The Kier molecular flexibility index (Phi) is 4.38. The molecule has 4 aromatic rings. The number of fused-ring (bicyclic) bond motifs is 1. The Morgan fingerprint density at radius 3 is 2.70 bits per heavy atom. The Hall–Kier alpha value is -3.18. The number of rotatable bonds is 4. The minimum absolute atomic E-state index is 0.0386. The van der Waals surface area contributed by atoms with Gasteiger partial charge in [-0.15, -0.1) is 0 Å². The van der Waals surface area contributed by atoms with Crippen molar-refractivity contribution in [2.45, 2.75) is 13.0 Å². The van der Waals surface area contributed by atoms with E-state index in [-0.39, 0.29) is 11.9 Å². The number of nitrogens with zero attached hydrogens (tertiary/aromatic N) is 2. The quantitative estimate of drug-likeness (QED) is 0.565. The Morgan fingerprint density at radius 1 is 1.07 bits per heavy atom. The van der Waals surface area contributed by atoms with E-state index in [9.17, 15) is 4.39 Å². The lowest BCUT2D eigenvalue weighted by Gasteiger charge is -2.11. The summed E-state index contributed by atoms with van der Waals surface area (Å²) in [6, 6.07) is 18.4. The van der Waals surface area contributed by atoms with Crippen LogP contribution < -0.4 is 10.5 Å². The lowest BCUT2D eigenvalue weighted by Crippen LogP contribution is -2.04. The summed E-state index contributed by atoms with van der Waals surface area (Å²) in [5, 5.41) is 0. The van der Waals surface area contributed by atoms with Gasteiger partial charge in [-0.25, -0.2) is 9.37 Å². The van der Waals surface area contributed by atoms with Gasteiger partial charge < -0.3 is 10.5 Å². The van der Waals surface area contributed by atoms with Crippen LogP contribution in [-0.2, 0) is 0 Å². The Balaban J connectivity index is 1.82. The first kappa shape index (κ1) is 17.2. The van der Waals surface area contributed by atoms with E-state index in [1.54, 1.807) is 19.5 Å². The number of halogens is 1. The standard InChI is InChI=1S/C22H20FN3O/c1-14(24)15-6-8-21-20(11-15)25-13-26(21)18-5-3-4-16(10-18)19-12-17(23)7-9-22(19)27-2/h3-14H,24H2,1-2H3. The zero-order valence-corrected chi connectivity index (χ0v) is 15.2. The largest absolute Gasteiger partial charge is 0.496 e. The molecule has 0 bridgehead atoms. The Labute approximate surface area is 157 Å². The average molecular weight is 361 g/mol. The molecule has 0 aliphatic heterocycles. The third-order valence-corrected chi connectivity index (χ3v) is 4.69. The highest BCUT2D eigenvalue weighted by atomic mass is 19.1. The molecule has 0 aliphatic carbocycles. The van der Waals surface area contributed by atoms with Crippen LogP contribution in [0.1, 0.15) is 18.5 Å². The summed E-state index contributed by atoms with van der Waals surface area (Å²) in [6.07, 6.45) is 1.79. The zero-order valence-electron chi connectivity index (χ0n) is 15.2. The lowest BCUT2D eigenvalue weighted by molar-refractivity contribution is 0.415. The number of methoxy groups -OCH3 is 1. The Bertz CT molecular complexity index is 1120. The first-order chi connectivity index (χ1) is 13.1. The molecule has 4 rings (SSSR count). The molecule has 2 N–H and O–H groups in total. The van der Waals surface area contributed by atoms with Crippen LogP contribution in [-0.4, -0.2) is 16.7 Å². The number of nitrogens with two attached hydrogens (primary N) is 1. The number of ether oxygens (including phenoxy) is 1. The highest BCUT2D eigenvalue weighted by Gasteiger charge is 2.11. The van der Waals surface area contributed by atoms with Crippen LogP contribution in [0.2, 0.25) is 0 Å². The van der Waals surface area contributed by atoms with Crippen molar-refractivity contribution in [1.29, 1.82) is 0 Å². The average Bonchev–Trinajstić information content (AvgIpc) is 3.11. The number of aromatic nitrogens is 2.